The number of rotatable bonds is 7. The van der Waals surface area contributed by atoms with E-state index >= 15 is 0 Å². The molecule has 1 aliphatic carbocycles. The minimum Gasteiger partial charge on any atom is -0.497 e. The third-order valence-electron chi connectivity index (χ3n) is 6.60. The van der Waals surface area contributed by atoms with Gasteiger partial charge < -0.3 is 13.9 Å². The first kappa shape index (κ1) is 20.5. The highest BCUT2D eigenvalue weighted by Crippen LogP contribution is 2.47. The monoisotopic (exact) mass is 406 g/mol. The first-order chi connectivity index (χ1) is 14.6. The molecule has 1 aromatic heterocycles. The molecule has 4 nitrogen and oxygen atoms in total. The van der Waals surface area contributed by atoms with Crippen LogP contribution in [0.1, 0.15) is 57.4 Å². The Balaban J connectivity index is 1.86. The van der Waals surface area contributed by atoms with Gasteiger partial charge in [0.2, 0.25) is 0 Å². The number of methoxy groups -OCH3 is 2. The summed E-state index contributed by atoms with van der Waals surface area (Å²) in [7, 11) is 3.30. The number of ether oxygens (including phenoxy) is 2. The molecular weight excluding hydrogens is 376 g/mol. The number of benzene rings is 2. The van der Waals surface area contributed by atoms with Crippen LogP contribution in [0, 0.1) is 0 Å². The maximum atomic E-state index is 12.9. The summed E-state index contributed by atoms with van der Waals surface area (Å²) in [5, 5.41) is 0.822. The summed E-state index contributed by atoms with van der Waals surface area (Å²) >= 11 is 0. The lowest BCUT2D eigenvalue weighted by Crippen LogP contribution is -2.22. The third kappa shape index (κ3) is 3.71. The van der Waals surface area contributed by atoms with Crippen molar-refractivity contribution in [1.29, 1.82) is 0 Å². The molecule has 4 rings (SSSR count). The molecule has 30 heavy (non-hydrogen) atoms. The lowest BCUT2D eigenvalue weighted by molar-refractivity contribution is 0.383. The summed E-state index contributed by atoms with van der Waals surface area (Å²) in [5.74, 6) is 1.46. The summed E-state index contributed by atoms with van der Waals surface area (Å²) in [5.41, 5.74) is 2.95. The molecule has 158 valence electrons. The summed E-state index contributed by atoms with van der Waals surface area (Å²) < 4.78 is 16.9. The van der Waals surface area contributed by atoms with E-state index in [9.17, 15) is 4.79 Å². The molecule has 0 atom stereocenters. The second-order valence-corrected chi connectivity index (χ2v) is 8.36. The molecule has 2 aromatic carbocycles. The van der Waals surface area contributed by atoms with Gasteiger partial charge in [0.25, 0.3) is 0 Å². The highest BCUT2D eigenvalue weighted by atomic mass is 16.5. The zero-order valence-electron chi connectivity index (χ0n) is 18.1. The van der Waals surface area contributed by atoms with Crippen molar-refractivity contribution in [1.82, 2.24) is 0 Å². The Hall–Kier alpha value is -2.75. The van der Waals surface area contributed by atoms with Crippen LogP contribution < -0.4 is 15.1 Å². The SMILES string of the molecule is CCCCC1(c2cc(OC)c3cc(-c4cccc(OC)c4)c(=O)oc3c2)CCCC1. The van der Waals surface area contributed by atoms with Crippen LogP contribution in [0.3, 0.4) is 0 Å². The number of fused-ring (bicyclic) bond motifs is 1. The van der Waals surface area contributed by atoms with Gasteiger partial charge in [0, 0.05) is 0 Å². The molecule has 0 saturated heterocycles. The minimum absolute atomic E-state index is 0.168. The topological polar surface area (TPSA) is 48.7 Å². The second kappa shape index (κ2) is 8.55. The lowest BCUT2D eigenvalue weighted by Gasteiger charge is -2.30. The molecule has 0 amide bonds. The van der Waals surface area contributed by atoms with Crippen LogP contribution in [0.25, 0.3) is 22.1 Å². The second-order valence-electron chi connectivity index (χ2n) is 8.36. The van der Waals surface area contributed by atoms with Crippen LogP contribution in [0.2, 0.25) is 0 Å². The van der Waals surface area contributed by atoms with E-state index in [2.05, 4.69) is 19.1 Å². The van der Waals surface area contributed by atoms with E-state index < -0.39 is 0 Å². The third-order valence-corrected chi connectivity index (χ3v) is 6.60. The number of hydrogen-bond donors (Lipinski definition) is 0. The van der Waals surface area contributed by atoms with Crippen LogP contribution in [-0.4, -0.2) is 14.2 Å². The van der Waals surface area contributed by atoms with Crippen molar-refractivity contribution < 1.29 is 13.9 Å². The van der Waals surface area contributed by atoms with E-state index in [1.54, 1.807) is 14.2 Å². The van der Waals surface area contributed by atoms with Gasteiger partial charge in [-0.3, -0.25) is 0 Å². The predicted octanol–water partition coefficient (Wildman–Crippen LogP) is 6.48. The van der Waals surface area contributed by atoms with E-state index in [0.29, 0.717) is 16.9 Å². The van der Waals surface area contributed by atoms with Gasteiger partial charge in [-0.15, -0.1) is 0 Å². The summed E-state index contributed by atoms with van der Waals surface area (Å²) in [6.45, 7) is 2.24. The Morgan fingerprint density at radius 2 is 1.83 bits per heavy atom. The van der Waals surface area contributed by atoms with E-state index in [0.717, 1.165) is 16.7 Å². The Bertz CT molecular complexity index is 1090. The fourth-order valence-electron chi connectivity index (χ4n) is 4.90. The Labute approximate surface area is 177 Å². The van der Waals surface area contributed by atoms with E-state index in [1.807, 2.05) is 30.3 Å². The molecule has 4 heteroatoms. The van der Waals surface area contributed by atoms with Gasteiger partial charge in [-0.1, -0.05) is 44.7 Å². The van der Waals surface area contributed by atoms with Gasteiger partial charge in [-0.05, 0) is 66.1 Å². The highest BCUT2D eigenvalue weighted by Gasteiger charge is 2.35. The zero-order chi connectivity index (χ0) is 21.1. The van der Waals surface area contributed by atoms with Gasteiger partial charge in [0.05, 0.1) is 25.2 Å². The molecule has 1 saturated carbocycles. The molecule has 1 heterocycles. The average molecular weight is 407 g/mol. The molecule has 0 aliphatic heterocycles. The van der Waals surface area contributed by atoms with Gasteiger partial charge in [-0.25, -0.2) is 4.79 Å². The predicted molar refractivity (Wildman–Crippen MR) is 121 cm³/mol. The fourth-order valence-corrected chi connectivity index (χ4v) is 4.90. The summed E-state index contributed by atoms with van der Waals surface area (Å²) in [4.78, 5) is 12.9. The summed E-state index contributed by atoms with van der Waals surface area (Å²) in [6, 6.07) is 13.6. The van der Waals surface area contributed by atoms with Crippen molar-refractivity contribution in [2.24, 2.45) is 0 Å². The molecular formula is C26H30O4. The van der Waals surface area contributed by atoms with Crippen LogP contribution in [0.15, 0.2) is 51.7 Å². The van der Waals surface area contributed by atoms with Crippen LogP contribution in [0.4, 0.5) is 0 Å². The van der Waals surface area contributed by atoms with E-state index in [1.165, 1.54) is 50.5 Å². The lowest BCUT2D eigenvalue weighted by atomic mass is 9.74. The van der Waals surface area contributed by atoms with Crippen molar-refractivity contribution in [2.45, 2.75) is 57.3 Å². The van der Waals surface area contributed by atoms with Gasteiger partial charge >= 0.3 is 5.63 Å². The molecule has 0 unspecified atom stereocenters. The van der Waals surface area contributed by atoms with Gasteiger partial charge in [0.15, 0.2) is 0 Å². The number of unbranched alkanes of at least 4 members (excludes halogenated alkanes) is 1. The zero-order valence-corrected chi connectivity index (χ0v) is 18.1. The maximum Gasteiger partial charge on any atom is 0.344 e. The molecule has 0 spiro atoms. The molecule has 3 aromatic rings. The largest absolute Gasteiger partial charge is 0.497 e. The molecule has 0 radical (unpaired) electrons. The van der Waals surface area contributed by atoms with Crippen LogP contribution in [-0.2, 0) is 5.41 Å². The van der Waals surface area contributed by atoms with Crippen molar-refractivity contribution in [3.63, 3.8) is 0 Å². The highest BCUT2D eigenvalue weighted by molar-refractivity contribution is 5.88. The Kier molecular flexibility index (Phi) is 5.85. The van der Waals surface area contributed by atoms with Crippen molar-refractivity contribution in [2.75, 3.05) is 14.2 Å². The summed E-state index contributed by atoms with van der Waals surface area (Å²) in [6.07, 6.45) is 8.45. The van der Waals surface area contributed by atoms with Gasteiger partial charge in [0.1, 0.15) is 17.1 Å². The van der Waals surface area contributed by atoms with E-state index in [-0.39, 0.29) is 11.0 Å². The van der Waals surface area contributed by atoms with Crippen molar-refractivity contribution >= 4 is 11.0 Å². The normalized spacial score (nSPS) is 15.4. The van der Waals surface area contributed by atoms with Crippen molar-refractivity contribution in [3.05, 3.63) is 58.4 Å². The Morgan fingerprint density at radius 1 is 1.03 bits per heavy atom. The molecule has 1 fully saturated rings. The maximum absolute atomic E-state index is 12.9. The average Bonchev–Trinajstić information content (AvgIpc) is 3.26. The minimum atomic E-state index is -0.344. The first-order valence-electron chi connectivity index (χ1n) is 10.9. The van der Waals surface area contributed by atoms with Crippen LogP contribution in [0.5, 0.6) is 11.5 Å². The van der Waals surface area contributed by atoms with Gasteiger partial charge in [-0.2, -0.15) is 0 Å². The van der Waals surface area contributed by atoms with Crippen LogP contribution >= 0.6 is 0 Å². The molecule has 1 aliphatic rings. The molecule has 0 bridgehead atoms. The quantitative estimate of drug-likeness (QED) is 0.421. The number of hydrogen-bond acceptors (Lipinski definition) is 4. The molecule has 0 N–H and O–H groups in total. The Morgan fingerprint density at radius 3 is 2.53 bits per heavy atom. The van der Waals surface area contributed by atoms with Crippen molar-refractivity contribution in [3.8, 4) is 22.6 Å². The fraction of sp³-hybridized carbons (Fsp3) is 0.423. The van der Waals surface area contributed by atoms with E-state index in [4.69, 9.17) is 13.9 Å². The standard InChI is InChI=1S/C26H30O4/c1-4-5-11-26(12-6-7-13-26)19-15-23(29-3)22-17-21(25(27)30-24(22)16-19)18-9-8-10-20(14-18)28-2/h8-10,14-17H,4-7,11-13H2,1-3H3. The smallest absolute Gasteiger partial charge is 0.344 e. The first-order valence-corrected chi connectivity index (χ1v) is 10.9.